The molecule has 0 radical (unpaired) electrons. The maximum absolute atomic E-state index is 12.2. The summed E-state index contributed by atoms with van der Waals surface area (Å²) in [5.41, 5.74) is 0.729. The second kappa shape index (κ2) is 6.54. The first-order chi connectivity index (χ1) is 7.70. The molecule has 0 bridgehead atoms. The van der Waals surface area contributed by atoms with Gasteiger partial charge in [0, 0.05) is 10.1 Å². The molecule has 0 aliphatic heterocycles. The summed E-state index contributed by atoms with van der Waals surface area (Å²) in [5.74, 6) is 2.54. The van der Waals surface area contributed by atoms with Crippen LogP contribution < -0.4 is 0 Å². The van der Waals surface area contributed by atoms with Gasteiger partial charge in [0.1, 0.15) is 0 Å². The van der Waals surface area contributed by atoms with Crippen LogP contribution in [-0.4, -0.2) is 23.9 Å². The minimum atomic E-state index is 0.0183. The van der Waals surface area contributed by atoms with Crippen LogP contribution in [-0.2, 0) is 0 Å². The Bertz CT molecular complexity index is 409. The highest BCUT2D eigenvalue weighted by Gasteiger charge is 2.15. The van der Waals surface area contributed by atoms with E-state index in [-0.39, 0.29) is 5.91 Å². The molecule has 84 valence electrons. The summed E-state index contributed by atoms with van der Waals surface area (Å²) in [6.07, 6.45) is 6.18. The summed E-state index contributed by atoms with van der Waals surface area (Å²) >= 11 is 2.17. The van der Waals surface area contributed by atoms with Crippen LogP contribution in [0.1, 0.15) is 23.7 Å². The van der Waals surface area contributed by atoms with E-state index in [1.807, 2.05) is 31.2 Å². The number of hydrogen-bond acceptors (Lipinski definition) is 1. The SMILES string of the molecule is C#CCN(CCC)C(=O)c1ccccc1I. The van der Waals surface area contributed by atoms with Crippen molar-refractivity contribution < 1.29 is 4.79 Å². The third-order valence-electron chi connectivity index (χ3n) is 2.17. The fraction of sp³-hybridized carbons (Fsp3) is 0.308. The molecule has 0 heterocycles. The number of carbonyl (C=O) groups is 1. The molecule has 3 heteroatoms. The van der Waals surface area contributed by atoms with Gasteiger partial charge in [0.05, 0.1) is 12.1 Å². The largest absolute Gasteiger partial charge is 0.327 e. The Kier molecular flexibility index (Phi) is 5.33. The van der Waals surface area contributed by atoms with Crippen LogP contribution in [0.2, 0.25) is 0 Å². The number of terminal acetylenes is 1. The van der Waals surface area contributed by atoms with Gasteiger partial charge in [-0.3, -0.25) is 4.79 Å². The monoisotopic (exact) mass is 327 g/mol. The minimum absolute atomic E-state index is 0.0183. The summed E-state index contributed by atoms with van der Waals surface area (Å²) in [6.45, 7) is 3.11. The highest BCUT2D eigenvalue weighted by atomic mass is 127. The molecular weight excluding hydrogens is 313 g/mol. The first-order valence-electron chi connectivity index (χ1n) is 5.18. The molecule has 1 aromatic rings. The molecule has 1 amide bonds. The highest BCUT2D eigenvalue weighted by molar-refractivity contribution is 14.1. The lowest BCUT2D eigenvalue weighted by atomic mass is 10.2. The summed E-state index contributed by atoms with van der Waals surface area (Å²) in [7, 11) is 0. The van der Waals surface area contributed by atoms with E-state index in [0.717, 1.165) is 15.6 Å². The van der Waals surface area contributed by atoms with Crippen LogP contribution in [0.25, 0.3) is 0 Å². The molecule has 0 atom stereocenters. The molecule has 0 spiro atoms. The predicted octanol–water partition coefficient (Wildman–Crippen LogP) is 2.78. The zero-order valence-corrected chi connectivity index (χ0v) is 11.4. The van der Waals surface area contributed by atoms with Crippen molar-refractivity contribution in [1.82, 2.24) is 4.90 Å². The Morgan fingerprint density at radius 2 is 2.19 bits per heavy atom. The van der Waals surface area contributed by atoms with Crippen molar-refractivity contribution in [2.24, 2.45) is 0 Å². The first-order valence-corrected chi connectivity index (χ1v) is 6.25. The molecule has 1 aromatic carbocycles. The zero-order chi connectivity index (χ0) is 12.0. The third kappa shape index (κ3) is 3.24. The van der Waals surface area contributed by atoms with E-state index in [4.69, 9.17) is 6.42 Å². The van der Waals surface area contributed by atoms with E-state index < -0.39 is 0 Å². The Balaban J connectivity index is 2.91. The standard InChI is InChI=1S/C13H14INO/c1-3-9-15(10-4-2)13(16)11-7-5-6-8-12(11)14/h1,5-8H,4,9-10H2,2H3. The average Bonchev–Trinajstić information content (AvgIpc) is 2.28. The predicted molar refractivity (Wildman–Crippen MR) is 74.2 cm³/mol. The zero-order valence-electron chi connectivity index (χ0n) is 9.24. The van der Waals surface area contributed by atoms with Gasteiger partial charge in [0.15, 0.2) is 0 Å². The van der Waals surface area contributed by atoms with Gasteiger partial charge in [-0.05, 0) is 41.1 Å². The molecular formula is C13H14INO. The topological polar surface area (TPSA) is 20.3 Å². The highest BCUT2D eigenvalue weighted by Crippen LogP contribution is 2.14. The lowest BCUT2D eigenvalue weighted by molar-refractivity contribution is 0.0776. The van der Waals surface area contributed by atoms with Gasteiger partial charge in [-0.2, -0.15) is 0 Å². The van der Waals surface area contributed by atoms with E-state index in [1.54, 1.807) is 4.90 Å². The van der Waals surface area contributed by atoms with Crippen molar-refractivity contribution in [1.29, 1.82) is 0 Å². The second-order valence-electron chi connectivity index (χ2n) is 3.41. The second-order valence-corrected chi connectivity index (χ2v) is 4.57. The summed E-state index contributed by atoms with van der Waals surface area (Å²) in [5, 5.41) is 0. The smallest absolute Gasteiger partial charge is 0.255 e. The average molecular weight is 327 g/mol. The van der Waals surface area contributed by atoms with Gasteiger partial charge >= 0.3 is 0 Å². The molecule has 0 aliphatic rings. The van der Waals surface area contributed by atoms with E-state index in [0.29, 0.717) is 13.1 Å². The van der Waals surface area contributed by atoms with E-state index >= 15 is 0 Å². The van der Waals surface area contributed by atoms with Crippen LogP contribution in [0.4, 0.5) is 0 Å². The number of nitrogens with zero attached hydrogens (tertiary/aromatic N) is 1. The number of halogens is 1. The maximum Gasteiger partial charge on any atom is 0.255 e. The van der Waals surface area contributed by atoms with Crippen LogP contribution in [0.15, 0.2) is 24.3 Å². The molecule has 0 unspecified atom stereocenters. The van der Waals surface area contributed by atoms with Crippen molar-refractivity contribution in [3.63, 3.8) is 0 Å². The number of rotatable bonds is 4. The summed E-state index contributed by atoms with van der Waals surface area (Å²) < 4.78 is 0.961. The van der Waals surface area contributed by atoms with Crippen LogP contribution in [0.3, 0.4) is 0 Å². The van der Waals surface area contributed by atoms with Crippen LogP contribution in [0, 0.1) is 15.9 Å². The molecule has 16 heavy (non-hydrogen) atoms. The fourth-order valence-corrected chi connectivity index (χ4v) is 2.06. The molecule has 2 nitrogen and oxygen atoms in total. The van der Waals surface area contributed by atoms with E-state index in [1.165, 1.54) is 0 Å². The van der Waals surface area contributed by atoms with Crippen LogP contribution in [0.5, 0.6) is 0 Å². The van der Waals surface area contributed by atoms with E-state index in [2.05, 4.69) is 28.5 Å². The number of amides is 1. The third-order valence-corrected chi connectivity index (χ3v) is 3.11. The Labute approximate surface area is 110 Å². The molecule has 0 aliphatic carbocycles. The first kappa shape index (κ1) is 13.0. The van der Waals surface area contributed by atoms with Crippen molar-refractivity contribution in [3.8, 4) is 12.3 Å². The number of benzene rings is 1. The normalized spacial score (nSPS) is 9.56. The summed E-state index contributed by atoms with van der Waals surface area (Å²) in [6, 6.07) is 7.55. The lowest BCUT2D eigenvalue weighted by Crippen LogP contribution is -2.32. The fourth-order valence-electron chi connectivity index (χ4n) is 1.44. The molecule has 1 rings (SSSR count). The van der Waals surface area contributed by atoms with Crippen molar-refractivity contribution in [2.75, 3.05) is 13.1 Å². The molecule has 0 N–H and O–H groups in total. The van der Waals surface area contributed by atoms with Gasteiger partial charge < -0.3 is 4.90 Å². The van der Waals surface area contributed by atoms with Crippen molar-refractivity contribution in [3.05, 3.63) is 33.4 Å². The van der Waals surface area contributed by atoms with E-state index in [9.17, 15) is 4.79 Å². The maximum atomic E-state index is 12.2. The summed E-state index contributed by atoms with van der Waals surface area (Å²) in [4.78, 5) is 13.9. The Morgan fingerprint density at radius 1 is 1.50 bits per heavy atom. The molecule has 0 saturated heterocycles. The van der Waals surface area contributed by atoms with Gasteiger partial charge in [-0.1, -0.05) is 25.0 Å². The Hall–Kier alpha value is -1.02. The lowest BCUT2D eigenvalue weighted by Gasteiger charge is -2.20. The van der Waals surface area contributed by atoms with Crippen molar-refractivity contribution >= 4 is 28.5 Å². The number of hydrogen-bond donors (Lipinski definition) is 0. The molecule has 0 saturated carbocycles. The van der Waals surface area contributed by atoms with Crippen LogP contribution >= 0.6 is 22.6 Å². The Morgan fingerprint density at radius 3 is 2.75 bits per heavy atom. The van der Waals surface area contributed by atoms with Gasteiger partial charge in [0.2, 0.25) is 0 Å². The molecule has 0 aromatic heterocycles. The van der Waals surface area contributed by atoms with Gasteiger partial charge in [0.25, 0.3) is 5.91 Å². The quantitative estimate of drug-likeness (QED) is 0.615. The number of carbonyl (C=O) groups excluding carboxylic acids is 1. The molecule has 0 fully saturated rings. The van der Waals surface area contributed by atoms with Crippen molar-refractivity contribution in [2.45, 2.75) is 13.3 Å². The van der Waals surface area contributed by atoms with Gasteiger partial charge in [-0.15, -0.1) is 6.42 Å². The minimum Gasteiger partial charge on any atom is -0.327 e. The van der Waals surface area contributed by atoms with Gasteiger partial charge in [-0.25, -0.2) is 0 Å².